The molecule has 7 aromatic rings. The molecular formula is C68H86ClN9O3. The van der Waals surface area contributed by atoms with Crippen molar-refractivity contribution in [3.8, 4) is 39.3 Å². The number of nitrogens with one attached hydrogen (secondary N) is 3. The van der Waals surface area contributed by atoms with Crippen LogP contribution in [0.4, 0.5) is 0 Å². The summed E-state index contributed by atoms with van der Waals surface area (Å²) in [6.07, 6.45) is 11.5. The van der Waals surface area contributed by atoms with E-state index in [9.17, 15) is 5.21 Å². The number of unbranched alkanes of at least 4 members (excludes halogenated alkanes) is 2. The maximum Gasteiger partial charge on any atom is 0.165 e. The number of nitrogens with zero attached hydrogens (tertiary/aromatic N) is 4. The zero-order valence-electron chi connectivity index (χ0n) is 48.5. The van der Waals surface area contributed by atoms with Gasteiger partial charge in [-0.05, 0) is 141 Å². The Bertz CT molecular complexity index is 3140. The molecule has 6 aromatic carbocycles. The lowest BCUT2D eigenvalue weighted by atomic mass is 9.94. The molecule has 3 atom stereocenters. The second-order valence-corrected chi connectivity index (χ2v) is 21.1. The van der Waals surface area contributed by atoms with Crippen molar-refractivity contribution in [1.82, 2.24) is 30.6 Å². The van der Waals surface area contributed by atoms with Gasteiger partial charge in [-0.1, -0.05) is 167 Å². The van der Waals surface area contributed by atoms with Crippen LogP contribution < -0.4 is 32.3 Å². The van der Waals surface area contributed by atoms with E-state index >= 15 is 0 Å². The van der Waals surface area contributed by atoms with Gasteiger partial charge in [0, 0.05) is 64.8 Å². The highest BCUT2D eigenvalue weighted by Crippen LogP contribution is 2.48. The number of aliphatic imine (C=N–C) groups is 1. The van der Waals surface area contributed by atoms with E-state index in [1.54, 1.807) is 6.20 Å². The van der Waals surface area contributed by atoms with Crippen molar-refractivity contribution in [1.29, 1.82) is 0 Å². The summed E-state index contributed by atoms with van der Waals surface area (Å²) in [6.45, 7) is 24.6. The van der Waals surface area contributed by atoms with E-state index in [-0.39, 0.29) is 12.7 Å². The molecule has 3 heterocycles. The summed E-state index contributed by atoms with van der Waals surface area (Å²) >= 11 is 6.37. The van der Waals surface area contributed by atoms with Gasteiger partial charge >= 0.3 is 0 Å². The fourth-order valence-electron chi connectivity index (χ4n) is 10.3. The van der Waals surface area contributed by atoms with E-state index < -0.39 is 0 Å². The summed E-state index contributed by atoms with van der Waals surface area (Å²) in [4.78, 5) is 11.6. The molecule has 1 aromatic heterocycles. The fourth-order valence-corrected chi connectivity index (χ4v) is 10.4. The molecule has 8 N–H and O–H groups in total. The molecule has 81 heavy (non-hydrogen) atoms. The Morgan fingerprint density at radius 1 is 0.864 bits per heavy atom. The number of nitrogens with two attached hydrogens (primary N) is 2. The van der Waals surface area contributed by atoms with E-state index in [1.807, 2.05) is 57.2 Å². The maximum absolute atomic E-state index is 10.3. The van der Waals surface area contributed by atoms with Crippen LogP contribution in [0.5, 0.6) is 5.75 Å². The molecule has 1 saturated heterocycles. The summed E-state index contributed by atoms with van der Waals surface area (Å²) < 4.78 is 8.41. The maximum atomic E-state index is 10.3. The van der Waals surface area contributed by atoms with Gasteiger partial charge in [0.1, 0.15) is 5.75 Å². The number of aromatic nitrogens is 1. The Balaban J connectivity index is 0.000000225. The Labute approximate surface area is 487 Å². The SMILES string of the molecule is C=C(C(NOCC)c1ccccc1)N1CCCC1C.C=N/C=C(\N)c1ccc(-c2ccc3c(c2)c(-c2ccc(/C(=C/N)NCN(O)CCCCC)cc2)c2n3COc3cc(Cl)ccc3-2)cc1.CC.CC(NCC1CC1)c1ccccc1. The molecule has 0 radical (unpaired) electrons. The van der Waals surface area contributed by atoms with Crippen molar-refractivity contribution in [2.75, 3.05) is 32.9 Å². The minimum absolute atomic E-state index is 0.0294. The van der Waals surface area contributed by atoms with Gasteiger partial charge in [0.05, 0.1) is 41.9 Å². The Morgan fingerprint density at radius 3 is 2.16 bits per heavy atom. The second kappa shape index (κ2) is 31.2. The molecule has 1 aliphatic carbocycles. The van der Waals surface area contributed by atoms with Crippen LogP contribution in [0.15, 0.2) is 175 Å². The van der Waals surface area contributed by atoms with Crippen molar-refractivity contribution in [2.45, 2.75) is 111 Å². The Hall–Kier alpha value is -7.16. The third-order valence-corrected chi connectivity index (χ3v) is 15.2. The van der Waals surface area contributed by atoms with Gasteiger partial charge in [-0.15, -0.1) is 0 Å². The largest absolute Gasteiger partial charge is 0.472 e. The number of benzene rings is 6. The first-order valence-electron chi connectivity index (χ1n) is 29.0. The van der Waals surface area contributed by atoms with E-state index in [2.05, 4.69) is 174 Å². The highest BCUT2D eigenvalue weighted by atomic mass is 35.5. The molecule has 1 saturated carbocycles. The lowest BCUT2D eigenvalue weighted by Crippen LogP contribution is -2.34. The quantitative estimate of drug-likeness (QED) is 0.0168. The van der Waals surface area contributed by atoms with Gasteiger partial charge in [0.15, 0.2) is 6.73 Å². The van der Waals surface area contributed by atoms with Crippen LogP contribution >= 0.6 is 11.6 Å². The van der Waals surface area contributed by atoms with Crippen LogP contribution in [-0.4, -0.2) is 65.4 Å². The second-order valence-electron chi connectivity index (χ2n) is 20.6. The Kier molecular flexibility index (Phi) is 23.6. The van der Waals surface area contributed by atoms with Crippen molar-refractivity contribution < 1.29 is 14.8 Å². The molecule has 10 rings (SSSR count). The highest BCUT2D eigenvalue weighted by Gasteiger charge is 2.29. The minimum atomic E-state index is 0.0294. The van der Waals surface area contributed by atoms with E-state index in [0.29, 0.717) is 42.7 Å². The standard InChI is InChI=1S/C38H39ClN6O2.C16H24N2O.C12H17N.C2H6/c1-3-4-5-18-44(46)23-43-34(21-40)27-10-12-28(13-11-27)37-32-19-29(25-6-8-26(9-7-25)33(41)22-42-2)14-17-35(32)45-24-47-36-20-30(39)15-16-31(36)38(37)45;1-4-19-17-16(15-10-6-5-7-11-15)14(3)18-12-8-9-13(18)2;1-10(13-9-11-7-8-11)12-5-3-2-4-6-12;1-2/h6-17,19-22,43,46H,2-5,18,23-24,40-41H2,1H3;5-7,10-11,13,16-17H,3-4,8-9,12H2,1-2H3;2-6,10-11,13H,7-9H2,1H3;1-2H3/b33-22-,34-21-;;;. The number of halogens is 1. The van der Waals surface area contributed by atoms with Gasteiger partial charge in [0.25, 0.3) is 0 Å². The lowest BCUT2D eigenvalue weighted by molar-refractivity contribution is -0.0942. The molecule has 2 fully saturated rings. The minimum Gasteiger partial charge on any atom is -0.472 e. The fraction of sp³-hybridized carbons (Fsp3) is 0.338. The zero-order valence-corrected chi connectivity index (χ0v) is 49.3. The number of hydroxylamine groups is 3. The Morgan fingerprint density at radius 2 is 1.53 bits per heavy atom. The average Bonchev–Trinajstić information content (AvgIpc) is 4.37. The highest BCUT2D eigenvalue weighted by molar-refractivity contribution is 6.30. The molecule has 12 nitrogen and oxygen atoms in total. The first kappa shape index (κ1) is 61.5. The molecule has 13 heteroatoms. The summed E-state index contributed by atoms with van der Waals surface area (Å²) in [6, 6.07) is 50.9. The van der Waals surface area contributed by atoms with Gasteiger partial charge in [-0.25, -0.2) is 0 Å². The molecule has 2 aliphatic heterocycles. The van der Waals surface area contributed by atoms with Crippen molar-refractivity contribution in [3.05, 3.63) is 198 Å². The summed E-state index contributed by atoms with van der Waals surface area (Å²) in [7, 11) is 0. The van der Waals surface area contributed by atoms with Crippen molar-refractivity contribution in [2.24, 2.45) is 22.4 Å². The molecule has 3 aliphatic rings. The molecule has 0 bridgehead atoms. The summed E-state index contributed by atoms with van der Waals surface area (Å²) in [5.41, 5.74) is 29.5. The number of hydrogen-bond acceptors (Lipinski definition) is 11. The van der Waals surface area contributed by atoms with Crippen LogP contribution in [0, 0.1) is 5.92 Å². The molecular weight excluding hydrogens is 1030 g/mol. The first-order valence-corrected chi connectivity index (χ1v) is 29.4. The van der Waals surface area contributed by atoms with Crippen LogP contribution in [0.1, 0.15) is 121 Å². The summed E-state index contributed by atoms with van der Waals surface area (Å²) in [5, 5.41) is 20.1. The average molecular weight is 1110 g/mol. The number of ether oxygens (including phenoxy) is 1. The van der Waals surface area contributed by atoms with Crippen molar-refractivity contribution in [3.63, 3.8) is 0 Å². The smallest absolute Gasteiger partial charge is 0.165 e. The molecule has 3 unspecified atom stereocenters. The monoisotopic (exact) mass is 1110 g/mol. The molecule has 0 amide bonds. The van der Waals surface area contributed by atoms with Crippen molar-refractivity contribution >= 4 is 40.6 Å². The number of likely N-dealkylation sites (tertiary alicyclic amines) is 1. The van der Waals surface area contributed by atoms with E-state index in [0.717, 1.165) is 104 Å². The topological polar surface area (TPSA) is 151 Å². The van der Waals surface area contributed by atoms with Gasteiger partial charge in [0.2, 0.25) is 0 Å². The van der Waals surface area contributed by atoms with Crippen LogP contribution in [-0.2, 0) is 11.6 Å². The van der Waals surface area contributed by atoms with Gasteiger partial charge in [-0.3, -0.25) is 4.99 Å². The van der Waals surface area contributed by atoms with Gasteiger partial charge < -0.3 is 46.3 Å². The predicted octanol–water partition coefficient (Wildman–Crippen LogP) is 15.3. The normalized spacial score (nSPS) is 15.4. The number of rotatable bonds is 22. The predicted molar refractivity (Wildman–Crippen MR) is 339 cm³/mol. The first-order chi connectivity index (χ1) is 39.5. The number of fused-ring (bicyclic) bond motifs is 5. The number of hydrogen-bond donors (Lipinski definition) is 6. The summed E-state index contributed by atoms with van der Waals surface area (Å²) in [5.74, 6) is 1.72. The van der Waals surface area contributed by atoms with Crippen LogP contribution in [0.3, 0.4) is 0 Å². The third kappa shape index (κ3) is 16.5. The van der Waals surface area contributed by atoms with E-state index in [1.165, 1.54) is 54.6 Å². The third-order valence-electron chi connectivity index (χ3n) is 15.0. The molecule has 428 valence electrons. The van der Waals surface area contributed by atoms with Crippen LogP contribution in [0.25, 0.3) is 55.8 Å². The van der Waals surface area contributed by atoms with Crippen LogP contribution in [0.2, 0.25) is 5.02 Å². The van der Waals surface area contributed by atoms with Gasteiger partial charge in [-0.2, -0.15) is 10.5 Å². The lowest BCUT2D eigenvalue weighted by Gasteiger charge is -2.32. The zero-order chi connectivity index (χ0) is 57.7. The van der Waals surface area contributed by atoms with E-state index in [4.69, 9.17) is 32.6 Å². The molecule has 0 spiro atoms.